The van der Waals surface area contributed by atoms with Crippen molar-refractivity contribution in [3.8, 4) is 0 Å². The van der Waals surface area contributed by atoms with Crippen LogP contribution in [0.3, 0.4) is 0 Å². The summed E-state index contributed by atoms with van der Waals surface area (Å²) in [7, 11) is -1.52. The molecule has 0 saturated heterocycles. The van der Waals surface area contributed by atoms with E-state index in [1.165, 1.54) is 12.4 Å². The number of rotatable bonds is 0. The Kier molecular flexibility index (Phi) is 1.22. The third-order valence-electron chi connectivity index (χ3n) is 1.23. The van der Waals surface area contributed by atoms with Gasteiger partial charge in [-0.2, -0.15) is 0 Å². The molecule has 1 atom stereocenters. The lowest BCUT2D eigenvalue weighted by Crippen LogP contribution is -2.33. The minimum absolute atomic E-state index is 0.324. The van der Waals surface area contributed by atoms with Gasteiger partial charge in [-0.1, -0.05) is 0 Å². The first-order valence-electron chi connectivity index (χ1n) is 2.82. The lowest BCUT2D eigenvalue weighted by atomic mass is 10.4. The summed E-state index contributed by atoms with van der Waals surface area (Å²) in [5.74, 6) is -0.392. The fourth-order valence-electron chi connectivity index (χ4n) is 0.800. The van der Waals surface area contributed by atoms with Crippen LogP contribution in [0.4, 0.5) is 0 Å². The van der Waals surface area contributed by atoms with Gasteiger partial charge in [-0.15, -0.1) is 0 Å². The van der Waals surface area contributed by atoms with Crippen LogP contribution in [0.15, 0.2) is 21.8 Å². The Bertz CT molecular complexity index is 342. The summed E-state index contributed by atoms with van der Waals surface area (Å²) in [5, 5.41) is 0.324. The fourth-order valence-corrected chi connectivity index (χ4v) is 1.58. The lowest BCUT2D eigenvalue weighted by Gasteiger charge is -2.07. The van der Waals surface area contributed by atoms with Crippen molar-refractivity contribution in [2.45, 2.75) is 0 Å². The summed E-state index contributed by atoms with van der Waals surface area (Å²) in [4.78, 5) is 18.2. The number of amides is 1. The molecule has 0 fully saturated rings. The smallest absolute Gasteiger partial charge is 0.258 e. The van der Waals surface area contributed by atoms with Crippen molar-refractivity contribution in [1.29, 1.82) is 0 Å². The first kappa shape index (κ1) is 6.41. The topological polar surface area (TPSA) is 70.9 Å². The molecule has 0 aliphatic carbocycles. The summed E-state index contributed by atoms with van der Waals surface area (Å²) in [6.07, 6.45) is 2.54. The van der Waals surface area contributed by atoms with Crippen molar-refractivity contribution in [2.75, 3.05) is 0 Å². The van der Waals surface area contributed by atoms with E-state index in [2.05, 4.69) is 14.7 Å². The van der Waals surface area contributed by atoms with Crippen molar-refractivity contribution < 1.29 is 9.00 Å². The van der Waals surface area contributed by atoms with Gasteiger partial charge in [0.05, 0.1) is 0 Å². The summed E-state index contributed by atoms with van der Waals surface area (Å²) < 4.78 is 13.2. The maximum atomic E-state index is 11.0. The molecule has 1 N–H and O–H groups in total. The van der Waals surface area contributed by atoms with Crippen molar-refractivity contribution in [2.24, 2.45) is 9.98 Å². The van der Waals surface area contributed by atoms with Crippen LogP contribution in [-0.4, -0.2) is 21.5 Å². The summed E-state index contributed by atoms with van der Waals surface area (Å²) in [6, 6.07) is 0. The van der Waals surface area contributed by atoms with E-state index in [1.54, 1.807) is 0 Å². The van der Waals surface area contributed by atoms with E-state index in [0.717, 1.165) is 0 Å². The van der Waals surface area contributed by atoms with Crippen LogP contribution in [-0.2, 0) is 15.8 Å². The molecule has 2 aliphatic heterocycles. The predicted molar refractivity (Wildman–Crippen MR) is 40.3 cm³/mol. The van der Waals surface area contributed by atoms with Gasteiger partial charge in [0.15, 0.2) is 16.0 Å². The molecular weight excluding hydrogens is 166 g/mol. The Morgan fingerprint density at radius 1 is 1.55 bits per heavy atom. The van der Waals surface area contributed by atoms with Crippen LogP contribution in [0.2, 0.25) is 0 Å². The minimum atomic E-state index is -1.52. The van der Waals surface area contributed by atoms with Gasteiger partial charge in [-0.05, 0) is 0 Å². The standard InChI is InChI=1S/C5H3N3O2S/c9-4-1-3-5(7-2-6-3)11(10)8-4/h1-2H,(H,8,9). The molecule has 2 rings (SSSR count). The molecule has 0 saturated carbocycles. The minimum Gasteiger partial charge on any atom is -0.269 e. The first-order chi connectivity index (χ1) is 5.27. The first-order valence-corrected chi connectivity index (χ1v) is 3.97. The maximum absolute atomic E-state index is 11.0. The largest absolute Gasteiger partial charge is 0.269 e. The van der Waals surface area contributed by atoms with Gasteiger partial charge >= 0.3 is 0 Å². The molecule has 0 aromatic carbocycles. The summed E-state index contributed by atoms with van der Waals surface area (Å²) in [6.45, 7) is 0. The van der Waals surface area contributed by atoms with Crippen LogP contribution < -0.4 is 4.72 Å². The quantitative estimate of drug-likeness (QED) is 0.510. The maximum Gasteiger partial charge on any atom is 0.258 e. The summed E-state index contributed by atoms with van der Waals surface area (Å²) >= 11 is 0. The predicted octanol–water partition coefficient (Wildman–Crippen LogP) is -0.896. The number of aliphatic imine (C=N–C) groups is 2. The van der Waals surface area contributed by atoms with Crippen molar-refractivity contribution in [3.05, 3.63) is 11.8 Å². The highest BCUT2D eigenvalue weighted by Gasteiger charge is 2.24. The normalized spacial score (nSPS) is 27.3. The highest BCUT2D eigenvalue weighted by Crippen LogP contribution is 2.11. The van der Waals surface area contributed by atoms with Gasteiger partial charge in [0.1, 0.15) is 12.0 Å². The number of hydrogen-bond donors (Lipinski definition) is 1. The Morgan fingerprint density at radius 3 is 3.18 bits per heavy atom. The average molecular weight is 169 g/mol. The van der Waals surface area contributed by atoms with Crippen LogP contribution in [0, 0.1) is 0 Å². The third kappa shape index (κ3) is 0.911. The molecular formula is C5H3N3O2S. The van der Waals surface area contributed by atoms with Gasteiger partial charge in [-0.25, -0.2) is 14.2 Å². The van der Waals surface area contributed by atoms with Crippen LogP contribution in [0.5, 0.6) is 0 Å². The second-order valence-corrected chi connectivity index (χ2v) is 3.07. The Morgan fingerprint density at radius 2 is 2.36 bits per heavy atom. The zero-order chi connectivity index (χ0) is 7.84. The molecule has 1 unspecified atom stereocenters. The van der Waals surface area contributed by atoms with Crippen molar-refractivity contribution >= 4 is 28.3 Å². The van der Waals surface area contributed by atoms with E-state index in [0.29, 0.717) is 10.7 Å². The molecule has 0 spiro atoms. The molecule has 11 heavy (non-hydrogen) atoms. The van der Waals surface area contributed by atoms with Gasteiger partial charge in [0, 0.05) is 6.08 Å². The zero-order valence-electron chi connectivity index (χ0n) is 5.27. The highest BCUT2D eigenvalue weighted by atomic mass is 32.2. The van der Waals surface area contributed by atoms with Gasteiger partial charge in [0.2, 0.25) is 0 Å². The number of nitrogens with one attached hydrogen (secondary N) is 1. The molecule has 6 heteroatoms. The SMILES string of the molecule is O=C1C=C2N=CN=C2S(=O)N1. The van der Waals surface area contributed by atoms with E-state index in [-0.39, 0.29) is 0 Å². The zero-order valence-corrected chi connectivity index (χ0v) is 6.09. The van der Waals surface area contributed by atoms with E-state index < -0.39 is 16.9 Å². The Labute approximate surface area is 64.5 Å². The van der Waals surface area contributed by atoms with E-state index in [9.17, 15) is 9.00 Å². The van der Waals surface area contributed by atoms with E-state index in [4.69, 9.17) is 0 Å². The van der Waals surface area contributed by atoms with Crippen LogP contribution in [0.25, 0.3) is 0 Å². The number of fused-ring (bicyclic) bond motifs is 1. The molecule has 0 radical (unpaired) electrons. The average Bonchev–Trinajstić information content (AvgIpc) is 2.34. The second-order valence-electron chi connectivity index (χ2n) is 1.94. The van der Waals surface area contributed by atoms with Gasteiger partial charge < -0.3 is 0 Å². The molecule has 2 heterocycles. The number of carbonyl (C=O) groups excluding carboxylic acids is 1. The molecule has 0 aromatic rings. The number of hydrogen-bond acceptors (Lipinski definition) is 4. The molecule has 0 bridgehead atoms. The monoisotopic (exact) mass is 169 g/mol. The third-order valence-corrected chi connectivity index (χ3v) is 2.28. The molecule has 0 aromatic heterocycles. The number of carbonyl (C=O) groups is 1. The molecule has 1 amide bonds. The van der Waals surface area contributed by atoms with Crippen molar-refractivity contribution in [3.63, 3.8) is 0 Å². The summed E-state index contributed by atoms with van der Waals surface area (Å²) in [5.41, 5.74) is 0.395. The lowest BCUT2D eigenvalue weighted by molar-refractivity contribution is -0.114. The van der Waals surface area contributed by atoms with Crippen LogP contribution in [0.1, 0.15) is 0 Å². The Balaban J connectivity index is 2.53. The molecule has 5 nitrogen and oxygen atoms in total. The molecule has 56 valence electrons. The van der Waals surface area contributed by atoms with Gasteiger partial charge in [-0.3, -0.25) is 9.52 Å². The van der Waals surface area contributed by atoms with E-state index >= 15 is 0 Å². The van der Waals surface area contributed by atoms with E-state index in [1.807, 2.05) is 0 Å². The number of nitrogens with zero attached hydrogens (tertiary/aromatic N) is 2. The van der Waals surface area contributed by atoms with Crippen molar-refractivity contribution in [1.82, 2.24) is 4.72 Å². The van der Waals surface area contributed by atoms with Gasteiger partial charge in [0.25, 0.3) is 5.91 Å². The molecule has 2 aliphatic rings. The Hall–Kier alpha value is -1.30. The highest BCUT2D eigenvalue weighted by molar-refractivity contribution is 8.00. The van der Waals surface area contributed by atoms with Crippen LogP contribution >= 0.6 is 0 Å². The fraction of sp³-hybridized carbons (Fsp3) is 0. The second kappa shape index (κ2) is 2.09.